The minimum Gasteiger partial charge on any atom is -0.371 e. The molecule has 2 heterocycles. The number of halogens is 4. The van der Waals surface area contributed by atoms with E-state index in [1.54, 1.807) is 6.07 Å². The van der Waals surface area contributed by atoms with E-state index in [0.717, 1.165) is 40.9 Å². The third-order valence-electron chi connectivity index (χ3n) is 6.95. The van der Waals surface area contributed by atoms with Crippen LogP contribution in [0, 0.1) is 5.41 Å². The average Bonchev–Trinajstić information content (AvgIpc) is 3.25. The van der Waals surface area contributed by atoms with Crippen molar-refractivity contribution in [2.45, 2.75) is 37.6 Å². The summed E-state index contributed by atoms with van der Waals surface area (Å²) in [6.07, 6.45) is 1.80. The first-order valence-corrected chi connectivity index (χ1v) is 10.9. The van der Waals surface area contributed by atoms with E-state index in [4.69, 9.17) is 28.9 Å². The molecule has 1 unspecified atom stereocenters. The van der Waals surface area contributed by atoms with Crippen molar-refractivity contribution in [3.8, 4) is 11.3 Å². The fraction of sp³-hybridized carbons (Fsp3) is 0.409. The fourth-order valence-electron chi connectivity index (χ4n) is 5.04. The number of aromatic amines is 1. The molecule has 1 spiro atoms. The zero-order valence-corrected chi connectivity index (χ0v) is 17.8. The van der Waals surface area contributed by atoms with Gasteiger partial charge in [0.05, 0.1) is 21.6 Å². The first kappa shape index (κ1) is 20.0. The first-order valence-electron chi connectivity index (χ1n) is 10.1. The quantitative estimate of drug-likeness (QED) is 0.512. The number of rotatable bonds is 2. The van der Waals surface area contributed by atoms with Crippen LogP contribution in [0.4, 0.5) is 14.5 Å². The average molecular weight is 451 g/mol. The zero-order chi connectivity index (χ0) is 21.1. The Hall–Kier alpha value is -1.89. The number of nitrogens with zero attached hydrogens (tertiary/aromatic N) is 2. The number of alkyl halides is 2. The van der Waals surface area contributed by atoms with E-state index in [2.05, 4.69) is 15.1 Å². The van der Waals surface area contributed by atoms with E-state index in [0.29, 0.717) is 29.3 Å². The SMILES string of the molecule is NC1C(F)(F)CCC12CCN(c1ccc3c(-c4cccc(Cl)c4Cl)n[nH]c3c1)CC2. The fourth-order valence-corrected chi connectivity index (χ4v) is 5.43. The summed E-state index contributed by atoms with van der Waals surface area (Å²) in [6, 6.07) is 10.6. The van der Waals surface area contributed by atoms with Gasteiger partial charge in [0.15, 0.2) is 0 Å². The first-order chi connectivity index (χ1) is 14.3. The van der Waals surface area contributed by atoms with Crippen molar-refractivity contribution in [1.29, 1.82) is 0 Å². The summed E-state index contributed by atoms with van der Waals surface area (Å²) in [6.45, 7) is 1.44. The minimum absolute atomic E-state index is 0.0941. The number of hydrogen-bond acceptors (Lipinski definition) is 3. The van der Waals surface area contributed by atoms with Crippen LogP contribution in [-0.4, -0.2) is 35.3 Å². The zero-order valence-electron chi connectivity index (χ0n) is 16.3. The molecule has 3 N–H and O–H groups in total. The van der Waals surface area contributed by atoms with Crippen molar-refractivity contribution in [1.82, 2.24) is 10.2 Å². The van der Waals surface area contributed by atoms with Gasteiger partial charge in [-0.15, -0.1) is 0 Å². The van der Waals surface area contributed by atoms with Crippen LogP contribution in [-0.2, 0) is 0 Å². The van der Waals surface area contributed by atoms with Crippen LogP contribution in [0.2, 0.25) is 10.0 Å². The Balaban J connectivity index is 1.39. The lowest BCUT2D eigenvalue weighted by Crippen LogP contribution is -2.52. The van der Waals surface area contributed by atoms with Crippen molar-refractivity contribution >= 4 is 39.8 Å². The Bertz CT molecular complexity index is 1110. The van der Waals surface area contributed by atoms with Gasteiger partial charge in [-0.3, -0.25) is 5.10 Å². The normalized spacial score (nSPS) is 22.8. The highest BCUT2D eigenvalue weighted by Gasteiger charge is 2.57. The second-order valence-electron chi connectivity index (χ2n) is 8.49. The monoisotopic (exact) mass is 450 g/mol. The molecule has 0 bridgehead atoms. The van der Waals surface area contributed by atoms with Crippen LogP contribution >= 0.6 is 23.2 Å². The summed E-state index contributed by atoms with van der Waals surface area (Å²) in [5.41, 5.74) is 8.99. The van der Waals surface area contributed by atoms with Gasteiger partial charge in [-0.05, 0) is 48.9 Å². The van der Waals surface area contributed by atoms with E-state index in [1.165, 1.54) is 0 Å². The van der Waals surface area contributed by atoms with Crippen molar-refractivity contribution in [2.24, 2.45) is 11.1 Å². The maximum Gasteiger partial charge on any atom is 0.263 e. The van der Waals surface area contributed by atoms with E-state index < -0.39 is 17.4 Å². The van der Waals surface area contributed by atoms with Gasteiger partial charge >= 0.3 is 0 Å². The molecule has 30 heavy (non-hydrogen) atoms. The second-order valence-corrected chi connectivity index (χ2v) is 9.28. The Labute approximate surface area is 183 Å². The van der Waals surface area contributed by atoms with E-state index in [-0.39, 0.29) is 6.42 Å². The topological polar surface area (TPSA) is 57.9 Å². The molecule has 1 aliphatic carbocycles. The number of piperidine rings is 1. The molecule has 3 aromatic rings. The summed E-state index contributed by atoms with van der Waals surface area (Å²) in [4.78, 5) is 2.24. The molecule has 1 aromatic heterocycles. The van der Waals surface area contributed by atoms with E-state index in [1.807, 2.05) is 30.3 Å². The number of fused-ring (bicyclic) bond motifs is 1. The number of aromatic nitrogens is 2. The highest BCUT2D eigenvalue weighted by Crippen LogP contribution is 2.52. The summed E-state index contributed by atoms with van der Waals surface area (Å²) < 4.78 is 28.0. The minimum atomic E-state index is -2.74. The van der Waals surface area contributed by atoms with Crippen LogP contribution in [0.3, 0.4) is 0 Å². The molecule has 8 heteroatoms. The molecule has 2 aromatic carbocycles. The largest absolute Gasteiger partial charge is 0.371 e. The third kappa shape index (κ3) is 3.08. The molecule has 1 saturated carbocycles. The van der Waals surface area contributed by atoms with E-state index in [9.17, 15) is 8.78 Å². The van der Waals surface area contributed by atoms with Crippen molar-refractivity contribution in [2.75, 3.05) is 18.0 Å². The van der Waals surface area contributed by atoms with Crippen molar-refractivity contribution in [3.05, 3.63) is 46.4 Å². The van der Waals surface area contributed by atoms with Crippen LogP contribution in [0.5, 0.6) is 0 Å². The summed E-state index contributed by atoms with van der Waals surface area (Å²) >= 11 is 12.5. The molecule has 158 valence electrons. The lowest BCUT2D eigenvalue weighted by Gasteiger charge is -2.43. The summed E-state index contributed by atoms with van der Waals surface area (Å²) in [5, 5.41) is 9.45. The molecule has 5 rings (SSSR count). The number of anilines is 1. The Morgan fingerprint density at radius 3 is 2.53 bits per heavy atom. The van der Waals surface area contributed by atoms with Crippen molar-refractivity contribution in [3.63, 3.8) is 0 Å². The predicted octanol–water partition coefficient (Wildman–Crippen LogP) is 5.88. The van der Waals surface area contributed by atoms with Gasteiger partial charge in [0, 0.05) is 36.1 Å². The molecule has 1 saturated heterocycles. The van der Waals surface area contributed by atoms with Gasteiger partial charge < -0.3 is 10.6 Å². The molecule has 0 amide bonds. The van der Waals surface area contributed by atoms with E-state index >= 15 is 0 Å². The molecule has 0 radical (unpaired) electrons. The molecule has 1 aliphatic heterocycles. The molecule has 4 nitrogen and oxygen atoms in total. The highest BCUT2D eigenvalue weighted by molar-refractivity contribution is 6.43. The smallest absolute Gasteiger partial charge is 0.263 e. The van der Waals surface area contributed by atoms with Crippen molar-refractivity contribution < 1.29 is 8.78 Å². The number of H-pyrrole nitrogens is 1. The van der Waals surface area contributed by atoms with Gasteiger partial charge in [0.2, 0.25) is 0 Å². The van der Waals surface area contributed by atoms with Gasteiger partial charge in [0.1, 0.15) is 5.69 Å². The molecule has 1 atom stereocenters. The summed E-state index contributed by atoms with van der Waals surface area (Å²) in [5.74, 6) is -2.74. The van der Waals surface area contributed by atoms with Gasteiger partial charge in [-0.2, -0.15) is 5.10 Å². The molecular weight excluding hydrogens is 429 g/mol. The predicted molar refractivity (Wildman–Crippen MR) is 118 cm³/mol. The Morgan fingerprint density at radius 1 is 1.07 bits per heavy atom. The standard InChI is InChI=1S/C22H22Cl2F2N4/c23-16-3-1-2-15(18(16)24)19-14-5-4-13(12-17(14)28-29-19)30-10-8-21(9-11-30)6-7-22(25,26)20(21)27/h1-5,12,20H,6-11,27H2,(H,28,29). The van der Waals surface area contributed by atoms with Gasteiger partial charge in [0.25, 0.3) is 5.92 Å². The van der Waals surface area contributed by atoms with Crippen LogP contribution in [0.25, 0.3) is 22.2 Å². The molecule has 2 fully saturated rings. The van der Waals surface area contributed by atoms with Crippen LogP contribution in [0.1, 0.15) is 25.7 Å². The Kier molecular flexibility index (Phi) is 4.73. The Morgan fingerprint density at radius 2 is 1.83 bits per heavy atom. The van der Waals surface area contributed by atoms with Crippen LogP contribution < -0.4 is 10.6 Å². The molecule has 2 aliphatic rings. The highest BCUT2D eigenvalue weighted by atomic mass is 35.5. The lowest BCUT2D eigenvalue weighted by atomic mass is 9.74. The lowest BCUT2D eigenvalue weighted by molar-refractivity contribution is -0.0279. The third-order valence-corrected chi connectivity index (χ3v) is 7.77. The van der Waals surface area contributed by atoms with Gasteiger partial charge in [-0.25, -0.2) is 8.78 Å². The number of hydrogen-bond donors (Lipinski definition) is 2. The maximum atomic E-state index is 14.0. The maximum absolute atomic E-state index is 14.0. The summed E-state index contributed by atoms with van der Waals surface area (Å²) in [7, 11) is 0. The molecular formula is C22H22Cl2F2N4. The van der Waals surface area contributed by atoms with Crippen LogP contribution in [0.15, 0.2) is 36.4 Å². The number of benzene rings is 2. The van der Waals surface area contributed by atoms with Gasteiger partial charge in [-0.1, -0.05) is 35.3 Å². The second kappa shape index (κ2) is 7.08. The number of nitrogens with one attached hydrogen (secondary N) is 1. The number of nitrogens with two attached hydrogens (primary N) is 1.